The van der Waals surface area contributed by atoms with Gasteiger partial charge >= 0.3 is 5.82 Å². The van der Waals surface area contributed by atoms with Gasteiger partial charge in [0.15, 0.2) is 0 Å². The van der Waals surface area contributed by atoms with Crippen molar-refractivity contribution < 1.29 is 13.3 Å². The third kappa shape index (κ3) is 3.94. The molecule has 0 saturated heterocycles. The third-order valence-electron chi connectivity index (χ3n) is 3.60. The molecule has 2 aromatic heterocycles. The van der Waals surface area contributed by atoms with Crippen molar-refractivity contribution in [2.24, 2.45) is 0 Å². The van der Waals surface area contributed by atoms with E-state index in [2.05, 4.69) is 15.0 Å². The van der Waals surface area contributed by atoms with E-state index in [9.17, 15) is 18.5 Å². The number of rotatable bonds is 8. The first kappa shape index (κ1) is 18.1. The Morgan fingerprint density at radius 2 is 1.96 bits per heavy atom. The summed E-state index contributed by atoms with van der Waals surface area (Å²) in [6.07, 6.45) is 2.98. The Kier molecular flexibility index (Phi) is 5.09. The molecule has 0 aliphatic rings. The Labute approximate surface area is 153 Å². The maximum atomic E-state index is 11.9. The van der Waals surface area contributed by atoms with Crippen LogP contribution in [0.15, 0.2) is 35.8 Å². The Morgan fingerprint density at radius 3 is 2.62 bits per heavy atom. The van der Waals surface area contributed by atoms with Gasteiger partial charge in [-0.1, -0.05) is 24.7 Å². The lowest BCUT2D eigenvalue weighted by molar-refractivity contribution is -0.389. The number of nitrogens with zero attached hydrogens (tertiary/aromatic N) is 3. The van der Waals surface area contributed by atoms with E-state index in [-0.39, 0.29) is 17.4 Å². The Hall–Kier alpha value is -2.66. The second kappa shape index (κ2) is 7.30. The van der Waals surface area contributed by atoms with E-state index >= 15 is 0 Å². The van der Waals surface area contributed by atoms with E-state index in [1.807, 2.05) is 6.92 Å². The van der Waals surface area contributed by atoms with Crippen molar-refractivity contribution >= 4 is 49.3 Å². The third-order valence-corrected chi connectivity index (χ3v) is 5.73. The minimum atomic E-state index is -3.37. The molecule has 9 nitrogen and oxygen atoms in total. The van der Waals surface area contributed by atoms with E-state index in [0.29, 0.717) is 22.8 Å². The van der Waals surface area contributed by atoms with E-state index < -0.39 is 14.9 Å². The number of aromatic nitrogens is 2. The predicted molar refractivity (Wildman–Crippen MR) is 102 cm³/mol. The van der Waals surface area contributed by atoms with Gasteiger partial charge in [-0.25, -0.2) is 8.42 Å². The molecule has 3 rings (SSSR count). The van der Waals surface area contributed by atoms with E-state index in [1.54, 1.807) is 35.8 Å². The minimum Gasteiger partial charge on any atom is -0.358 e. The van der Waals surface area contributed by atoms with Crippen LogP contribution in [0.1, 0.15) is 19.8 Å². The SMILES string of the molecule is CCCCS(=O)(=O)Nc1ccc(Nc2nc3sccn3c2[N+](=O)[O-])cc1. The molecule has 0 atom stereocenters. The smallest absolute Gasteiger partial charge is 0.358 e. The fourth-order valence-electron chi connectivity index (χ4n) is 2.36. The van der Waals surface area contributed by atoms with Crippen LogP contribution in [0.3, 0.4) is 0 Å². The van der Waals surface area contributed by atoms with E-state index in [4.69, 9.17) is 0 Å². The summed E-state index contributed by atoms with van der Waals surface area (Å²) in [5.41, 5.74) is 1.00. The maximum Gasteiger partial charge on any atom is 0.373 e. The largest absolute Gasteiger partial charge is 0.373 e. The molecule has 0 unspecified atom stereocenters. The molecule has 1 aromatic carbocycles. The van der Waals surface area contributed by atoms with Crippen LogP contribution >= 0.6 is 11.3 Å². The molecule has 0 bridgehead atoms. The molecule has 3 aromatic rings. The highest BCUT2D eigenvalue weighted by Gasteiger charge is 2.23. The van der Waals surface area contributed by atoms with Crippen LogP contribution in [-0.2, 0) is 10.0 Å². The average Bonchev–Trinajstić information content (AvgIpc) is 3.14. The first-order valence-corrected chi connectivity index (χ1v) is 10.4. The predicted octanol–water partition coefficient (Wildman–Crippen LogP) is 3.59. The molecule has 0 spiro atoms. The van der Waals surface area contributed by atoms with Crippen LogP contribution < -0.4 is 10.0 Å². The van der Waals surface area contributed by atoms with Crippen molar-refractivity contribution in [3.63, 3.8) is 0 Å². The molecular formula is C15H17N5O4S2. The Morgan fingerprint density at radius 1 is 1.27 bits per heavy atom. The minimum absolute atomic E-state index is 0.0705. The van der Waals surface area contributed by atoms with E-state index in [1.165, 1.54) is 15.7 Å². The summed E-state index contributed by atoms with van der Waals surface area (Å²) >= 11 is 1.30. The zero-order chi connectivity index (χ0) is 18.7. The normalized spacial score (nSPS) is 11.6. The number of benzene rings is 1. The number of nitro groups is 1. The molecule has 2 heterocycles. The molecule has 0 saturated carbocycles. The lowest BCUT2D eigenvalue weighted by Crippen LogP contribution is -2.16. The molecule has 0 amide bonds. The van der Waals surface area contributed by atoms with Crippen LogP contribution in [0.4, 0.5) is 23.0 Å². The number of sulfonamides is 1. The molecule has 0 aliphatic carbocycles. The first-order chi connectivity index (χ1) is 12.4. The van der Waals surface area contributed by atoms with Crippen molar-refractivity contribution in [1.29, 1.82) is 0 Å². The fourth-order valence-corrected chi connectivity index (χ4v) is 4.33. The average molecular weight is 395 g/mol. The van der Waals surface area contributed by atoms with Gasteiger partial charge in [0.05, 0.1) is 5.75 Å². The summed E-state index contributed by atoms with van der Waals surface area (Å²) in [5.74, 6) is 0.0601. The van der Waals surface area contributed by atoms with Gasteiger partial charge in [-0.05, 0) is 35.6 Å². The van der Waals surface area contributed by atoms with Crippen molar-refractivity contribution in [3.8, 4) is 0 Å². The highest BCUT2D eigenvalue weighted by Crippen LogP contribution is 2.30. The molecule has 138 valence electrons. The van der Waals surface area contributed by atoms with Gasteiger partial charge in [0.1, 0.15) is 6.20 Å². The zero-order valence-corrected chi connectivity index (χ0v) is 15.5. The molecule has 0 aliphatic heterocycles. The Bertz CT molecular complexity index is 1020. The van der Waals surface area contributed by atoms with Crippen LogP contribution in [0.25, 0.3) is 4.96 Å². The van der Waals surface area contributed by atoms with E-state index in [0.717, 1.165) is 6.42 Å². The van der Waals surface area contributed by atoms with Gasteiger partial charge in [-0.3, -0.25) is 4.72 Å². The van der Waals surface area contributed by atoms with Gasteiger partial charge in [-0.2, -0.15) is 9.38 Å². The van der Waals surface area contributed by atoms with Crippen molar-refractivity contribution in [3.05, 3.63) is 46.0 Å². The number of unbranched alkanes of at least 4 members (excludes halogenated alkanes) is 1. The highest BCUT2D eigenvalue weighted by molar-refractivity contribution is 7.92. The van der Waals surface area contributed by atoms with Crippen LogP contribution in [0.2, 0.25) is 0 Å². The summed E-state index contributed by atoms with van der Waals surface area (Å²) < 4.78 is 27.7. The molecule has 0 fully saturated rings. The summed E-state index contributed by atoms with van der Waals surface area (Å²) in [7, 11) is -3.37. The number of hydrogen-bond donors (Lipinski definition) is 2. The summed E-state index contributed by atoms with van der Waals surface area (Å²) in [6, 6.07) is 6.45. The van der Waals surface area contributed by atoms with Crippen molar-refractivity contribution in [1.82, 2.24) is 9.38 Å². The van der Waals surface area contributed by atoms with Crippen LogP contribution in [0, 0.1) is 10.1 Å². The summed E-state index contributed by atoms with van der Waals surface area (Å²) in [5, 5.41) is 15.9. The van der Waals surface area contributed by atoms with Gasteiger partial charge in [0, 0.05) is 16.8 Å². The van der Waals surface area contributed by atoms with Gasteiger partial charge < -0.3 is 15.4 Å². The van der Waals surface area contributed by atoms with Crippen molar-refractivity contribution in [2.75, 3.05) is 15.8 Å². The number of fused-ring (bicyclic) bond motifs is 1. The molecule has 11 heteroatoms. The monoisotopic (exact) mass is 395 g/mol. The van der Waals surface area contributed by atoms with Crippen LogP contribution in [0.5, 0.6) is 0 Å². The summed E-state index contributed by atoms with van der Waals surface area (Å²) in [4.78, 5) is 15.6. The number of nitrogens with one attached hydrogen (secondary N) is 2. The lowest BCUT2D eigenvalue weighted by atomic mass is 10.3. The maximum absolute atomic E-state index is 11.9. The van der Waals surface area contributed by atoms with Gasteiger partial charge in [-0.15, -0.1) is 0 Å². The topological polar surface area (TPSA) is 119 Å². The van der Waals surface area contributed by atoms with Gasteiger partial charge in [0.2, 0.25) is 15.8 Å². The lowest BCUT2D eigenvalue weighted by Gasteiger charge is -2.09. The number of thiazole rings is 1. The quantitative estimate of drug-likeness (QED) is 0.444. The fraction of sp³-hybridized carbons (Fsp3) is 0.267. The zero-order valence-electron chi connectivity index (χ0n) is 13.9. The summed E-state index contributed by atoms with van der Waals surface area (Å²) in [6.45, 7) is 1.93. The second-order valence-electron chi connectivity index (χ2n) is 5.57. The molecule has 0 radical (unpaired) electrons. The molecule has 2 N–H and O–H groups in total. The second-order valence-corrected chi connectivity index (χ2v) is 8.29. The van der Waals surface area contributed by atoms with Crippen LogP contribution in [-0.4, -0.2) is 28.5 Å². The number of imidazole rings is 1. The first-order valence-electron chi connectivity index (χ1n) is 7.87. The highest BCUT2D eigenvalue weighted by atomic mass is 32.2. The van der Waals surface area contributed by atoms with Gasteiger partial charge in [0.25, 0.3) is 4.96 Å². The van der Waals surface area contributed by atoms with Crippen molar-refractivity contribution in [2.45, 2.75) is 19.8 Å². The number of hydrogen-bond acceptors (Lipinski definition) is 7. The Balaban J connectivity index is 1.77. The number of anilines is 3. The standard InChI is InChI=1S/C15H17N5O4S2/c1-2-3-10-26(23,24)18-12-6-4-11(5-7-12)16-13-14(20(21)22)19-8-9-25-15(19)17-13/h4-9,16,18H,2-3,10H2,1H3. The molecule has 26 heavy (non-hydrogen) atoms. The molecular weight excluding hydrogens is 378 g/mol.